The molecular formula is C22H30N2O3. The fraction of sp³-hybridized carbons (Fsp3) is 0.545. The largest absolute Gasteiger partial charge is 0.480 e. The lowest BCUT2D eigenvalue weighted by molar-refractivity contribution is -0.142. The Morgan fingerprint density at radius 1 is 1.22 bits per heavy atom. The number of unbranched alkanes of at least 4 members (excludes halogenated alkanes) is 1. The molecule has 0 bridgehead atoms. The second kappa shape index (κ2) is 9.07. The summed E-state index contributed by atoms with van der Waals surface area (Å²) in [5.74, 6) is -0.398. The van der Waals surface area contributed by atoms with Crippen LogP contribution in [0, 0.1) is 11.8 Å². The van der Waals surface area contributed by atoms with Gasteiger partial charge in [0, 0.05) is 29.4 Å². The molecule has 1 heterocycles. The SMILES string of the molecule is CCCCC1CCC(C(=O)NC(Cc2c[nH]c3ccccc23)C(=O)O)CC1. The first-order valence-corrected chi connectivity index (χ1v) is 10.2. The lowest BCUT2D eigenvalue weighted by Crippen LogP contribution is -2.45. The van der Waals surface area contributed by atoms with E-state index >= 15 is 0 Å². The number of amides is 1. The number of aliphatic carboxylic acids is 1. The zero-order valence-electron chi connectivity index (χ0n) is 16.0. The molecule has 3 rings (SSSR count). The van der Waals surface area contributed by atoms with Gasteiger partial charge in [0.05, 0.1) is 0 Å². The second-order valence-corrected chi connectivity index (χ2v) is 7.82. The molecule has 1 saturated carbocycles. The van der Waals surface area contributed by atoms with Gasteiger partial charge in [-0.1, -0.05) is 44.4 Å². The predicted molar refractivity (Wildman–Crippen MR) is 107 cm³/mol. The molecule has 1 atom stereocenters. The number of rotatable bonds is 8. The van der Waals surface area contributed by atoms with E-state index in [0.717, 1.165) is 48.1 Å². The van der Waals surface area contributed by atoms with Crippen LogP contribution >= 0.6 is 0 Å². The van der Waals surface area contributed by atoms with Crippen molar-refractivity contribution in [1.29, 1.82) is 0 Å². The van der Waals surface area contributed by atoms with Crippen LogP contribution in [0.3, 0.4) is 0 Å². The van der Waals surface area contributed by atoms with Gasteiger partial charge < -0.3 is 15.4 Å². The number of carbonyl (C=O) groups excluding carboxylic acids is 1. The zero-order chi connectivity index (χ0) is 19.2. The van der Waals surface area contributed by atoms with Crippen LogP contribution in [0.2, 0.25) is 0 Å². The Balaban J connectivity index is 1.58. The number of hydrogen-bond acceptors (Lipinski definition) is 2. The van der Waals surface area contributed by atoms with Gasteiger partial charge in [-0.25, -0.2) is 4.79 Å². The molecular weight excluding hydrogens is 340 g/mol. The molecule has 5 heteroatoms. The first-order valence-electron chi connectivity index (χ1n) is 10.2. The summed E-state index contributed by atoms with van der Waals surface area (Å²) in [4.78, 5) is 27.5. The highest BCUT2D eigenvalue weighted by Crippen LogP contribution is 2.32. The average Bonchev–Trinajstić information content (AvgIpc) is 3.09. The Bertz CT molecular complexity index is 775. The molecule has 146 valence electrons. The van der Waals surface area contributed by atoms with Gasteiger partial charge in [0.1, 0.15) is 6.04 Å². The quantitative estimate of drug-likeness (QED) is 0.649. The third kappa shape index (κ3) is 4.90. The van der Waals surface area contributed by atoms with E-state index in [4.69, 9.17) is 0 Å². The van der Waals surface area contributed by atoms with Crippen LogP contribution in [0.1, 0.15) is 57.4 Å². The van der Waals surface area contributed by atoms with Crippen LogP contribution in [0.15, 0.2) is 30.5 Å². The molecule has 5 nitrogen and oxygen atoms in total. The molecule has 1 aliphatic carbocycles. The van der Waals surface area contributed by atoms with Crippen molar-refractivity contribution in [2.75, 3.05) is 0 Å². The van der Waals surface area contributed by atoms with E-state index in [1.165, 1.54) is 19.3 Å². The first-order chi connectivity index (χ1) is 13.1. The predicted octanol–water partition coefficient (Wildman–Crippen LogP) is 4.28. The minimum atomic E-state index is -0.981. The number of aromatic amines is 1. The molecule has 1 fully saturated rings. The first kappa shape index (κ1) is 19.5. The van der Waals surface area contributed by atoms with Crippen LogP contribution in [-0.4, -0.2) is 28.0 Å². The van der Waals surface area contributed by atoms with Crippen molar-refractivity contribution in [3.05, 3.63) is 36.0 Å². The number of hydrogen-bond donors (Lipinski definition) is 3. The van der Waals surface area contributed by atoms with Crippen molar-refractivity contribution in [3.8, 4) is 0 Å². The molecule has 0 saturated heterocycles. The van der Waals surface area contributed by atoms with Gasteiger partial charge in [-0.2, -0.15) is 0 Å². The average molecular weight is 370 g/mol. The minimum Gasteiger partial charge on any atom is -0.480 e. The smallest absolute Gasteiger partial charge is 0.326 e. The van der Waals surface area contributed by atoms with E-state index in [0.29, 0.717) is 0 Å². The van der Waals surface area contributed by atoms with E-state index in [1.54, 1.807) is 0 Å². The van der Waals surface area contributed by atoms with E-state index in [1.807, 2.05) is 30.5 Å². The lowest BCUT2D eigenvalue weighted by Gasteiger charge is -2.28. The van der Waals surface area contributed by atoms with Crippen LogP contribution in [-0.2, 0) is 16.0 Å². The van der Waals surface area contributed by atoms with Crippen LogP contribution in [0.4, 0.5) is 0 Å². The van der Waals surface area contributed by atoms with Gasteiger partial charge >= 0.3 is 5.97 Å². The summed E-state index contributed by atoms with van der Waals surface area (Å²) in [6, 6.07) is 6.92. The molecule has 1 aromatic carbocycles. The highest BCUT2D eigenvalue weighted by molar-refractivity contribution is 5.87. The topological polar surface area (TPSA) is 82.2 Å². The van der Waals surface area contributed by atoms with Crippen molar-refractivity contribution in [1.82, 2.24) is 10.3 Å². The summed E-state index contributed by atoms with van der Waals surface area (Å²) >= 11 is 0. The van der Waals surface area contributed by atoms with Gasteiger partial charge in [0.25, 0.3) is 0 Å². The summed E-state index contributed by atoms with van der Waals surface area (Å²) in [6.07, 6.45) is 9.77. The van der Waals surface area contributed by atoms with E-state index < -0.39 is 12.0 Å². The standard InChI is InChI=1S/C22H30N2O3/c1-2-3-6-15-9-11-16(12-10-15)21(25)24-20(22(26)27)13-17-14-23-19-8-5-4-7-18(17)19/h4-5,7-8,14-16,20,23H,2-3,6,9-13H2,1H3,(H,24,25)(H,26,27). The molecule has 0 radical (unpaired) electrons. The molecule has 0 spiro atoms. The van der Waals surface area contributed by atoms with E-state index in [9.17, 15) is 14.7 Å². The number of aromatic nitrogens is 1. The lowest BCUT2D eigenvalue weighted by atomic mass is 9.79. The molecule has 2 aromatic rings. The zero-order valence-corrected chi connectivity index (χ0v) is 16.0. The summed E-state index contributed by atoms with van der Waals surface area (Å²) in [7, 11) is 0. The summed E-state index contributed by atoms with van der Waals surface area (Å²) in [5.41, 5.74) is 1.90. The van der Waals surface area contributed by atoms with E-state index in [-0.39, 0.29) is 18.2 Å². The number of nitrogens with one attached hydrogen (secondary N) is 2. The van der Waals surface area contributed by atoms with Gasteiger partial charge in [-0.05, 0) is 43.2 Å². The Morgan fingerprint density at radius 2 is 1.96 bits per heavy atom. The van der Waals surface area contributed by atoms with Crippen molar-refractivity contribution >= 4 is 22.8 Å². The molecule has 27 heavy (non-hydrogen) atoms. The number of carboxylic acid groups (broad SMARTS) is 1. The van der Waals surface area contributed by atoms with Crippen molar-refractivity contribution in [2.24, 2.45) is 11.8 Å². The molecule has 1 aromatic heterocycles. The van der Waals surface area contributed by atoms with Crippen molar-refractivity contribution < 1.29 is 14.7 Å². The van der Waals surface area contributed by atoms with Crippen molar-refractivity contribution in [3.63, 3.8) is 0 Å². The fourth-order valence-electron chi connectivity index (χ4n) is 4.22. The number of fused-ring (bicyclic) bond motifs is 1. The summed E-state index contributed by atoms with van der Waals surface area (Å²) in [6.45, 7) is 2.21. The number of H-pyrrole nitrogens is 1. The second-order valence-electron chi connectivity index (χ2n) is 7.82. The van der Waals surface area contributed by atoms with Crippen LogP contribution < -0.4 is 5.32 Å². The number of benzene rings is 1. The molecule has 3 N–H and O–H groups in total. The maximum atomic E-state index is 12.6. The van der Waals surface area contributed by atoms with Crippen LogP contribution in [0.25, 0.3) is 10.9 Å². The molecule has 1 aliphatic rings. The third-order valence-electron chi connectivity index (χ3n) is 5.90. The Morgan fingerprint density at radius 3 is 2.67 bits per heavy atom. The fourth-order valence-corrected chi connectivity index (χ4v) is 4.22. The van der Waals surface area contributed by atoms with Crippen molar-refractivity contribution in [2.45, 2.75) is 64.3 Å². The maximum absolute atomic E-state index is 12.6. The minimum absolute atomic E-state index is 0.0484. The van der Waals surface area contributed by atoms with Crippen LogP contribution in [0.5, 0.6) is 0 Å². The molecule has 0 aliphatic heterocycles. The van der Waals surface area contributed by atoms with E-state index in [2.05, 4.69) is 17.2 Å². The summed E-state index contributed by atoms with van der Waals surface area (Å²) < 4.78 is 0. The normalized spacial score (nSPS) is 21.1. The van der Waals surface area contributed by atoms with Gasteiger partial charge in [-0.3, -0.25) is 4.79 Å². The number of carboxylic acids is 1. The highest BCUT2D eigenvalue weighted by Gasteiger charge is 2.29. The van der Waals surface area contributed by atoms with Gasteiger partial charge in [-0.15, -0.1) is 0 Å². The number of para-hydroxylation sites is 1. The summed E-state index contributed by atoms with van der Waals surface area (Å²) in [5, 5.41) is 13.4. The molecule has 1 amide bonds. The van der Waals surface area contributed by atoms with Gasteiger partial charge in [0.2, 0.25) is 5.91 Å². The van der Waals surface area contributed by atoms with Gasteiger partial charge in [0.15, 0.2) is 0 Å². The third-order valence-corrected chi connectivity index (χ3v) is 5.90. The maximum Gasteiger partial charge on any atom is 0.326 e. The Hall–Kier alpha value is -2.30. The Kier molecular flexibility index (Phi) is 6.54. The highest BCUT2D eigenvalue weighted by atomic mass is 16.4. The number of carbonyl (C=O) groups is 2. The monoisotopic (exact) mass is 370 g/mol. The Labute approximate surface area is 160 Å². The molecule has 1 unspecified atom stereocenters.